The molecule has 0 atom stereocenters. The molecule has 0 bridgehead atoms. The molecule has 1 nitrogen and oxygen atoms in total. The molecule has 27 heavy (non-hydrogen) atoms. The highest BCUT2D eigenvalue weighted by molar-refractivity contribution is 8.76. The molecule has 0 saturated carbocycles. The van der Waals surface area contributed by atoms with Gasteiger partial charge in [-0.3, -0.25) is 0 Å². The van der Waals surface area contributed by atoms with Gasteiger partial charge >= 0.3 is 0 Å². The van der Waals surface area contributed by atoms with Crippen molar-refractivity contribution in [1.29, 1.82) is 0 Å². The van der Waals surface area contributed by atoms with E-state index in [0.717, 1.165) is 0 Å². The molecular formula is C24H54NS2+. The van der Waals surface area contributed by atoms with Gasteiger partial charge < -0.3 is 4.48 Å². The zero-order chi connectivity index (χ0) is 20.6. The van der Waals surface area contributed by atoms with Crippen LogP contribution in [0.4, 0.5) is 0 Å². The van der Waals surface area contributed by atoms with E-state index in [1.807, 2.05) is 0 Å². The second kappa shape index (κ2) is 24.7. The van der Waals surface area contributed by atoms with Gasteiger partial charge in [0.2, 0.25) is 0 Å². The average molecular weight is 421 g/mol. The monoisotopic (exact) mass is 420 g/mol. The van der Waals surface area contributed by atoms with Gasteiger partial charge in [0.25, 0.3) is 0 Å². The van der Waals surface area contributed by atoms with Crippen LogP contribution in [0.3, 0.4) is 0 Å². The number of hydrogen-bond donors (Lipinski definition) is 0. The summed E-state index contributed by atoms with van der Waals surface area (Å²) in [4.78, 5) is 0. The SMILES string of the molecule is CCCCCCCCCC[N+](C)(C)CCCCCCCCCC.CSSC. The number of hydrogen-bond acceptors (Lipinski definition) is 2. The maximum atomic E-state index is 2.43. The van der Waals surface area contributed by atoms with Gasteiger partial charge in [-0.05, 0) is 38.2 Å². The van der Waals surface area contributed by atoms with Crippen LogP contribution < -0.4 is 0 Å². The average Bonchev–Trinajstić information content (AvgIpc) is 2.66. The van der Waals surface area contributed by atoms with E-state index < -0.39 is 0 Å². The minimum absolute atomic E-state index is 1.24. The molecule has 0 aliphatic carbocycles. The van der Waals surface area contributed by atoms with E-state index in [0.29, 0.717) is 0 Å². The zero-order valence-corrected chi connectivity index (χ0v) is 21.6. The van der Waals surface area contributed by atoms with Crippen LogP contribution in [0, 0.1) is 0 Å². The molecule has 0 heterocycles. The van der Waals surface area contributed by atoms with Crippen molar-refractivity contribution in [3.8, 4) is 0 Å². The van der Waals surface area contributed by atoms with Crippen LogP contribution in [-0.2, 0) is 0 Å². The van der Waals surface area contributed by atoms with E-state index >= 15 is 0 Å². The lowest BCUT2D eigenvalue weighted by Gasteiger charge is -2.30. The summed E-state index contributed by atoms with van der Waals surface area (Å²) in [5.74, 6) is 0. The van der Waals surface area contributed by atoms with E-state index in [-0.39, 0.29) is 0 Å². The van der Waals surface area contributed by atoms with Crippen molar-refractivity contribution in [2.75, 3.05) is 39.7 Å². The molecule has 3 heteroatoms. The van der Waals surface area contributed by atoms with E-state index in [4.69, 9.17) is 0 Å². The fraction of sp³-hybridized carbons (Fsp3) is 1.00. The molecule has 0 spiro atoms. The molecule has 0 unspecified atom stereocenters. The van der Waals surface area contributed by atoms with Crippen molar-refractivity contribution in [2.24, 2.45) is 0 Å². The fourth-order valence-corrected chi connectivity index (χ4v) is 3.46. The lowest BCUT2D eigenvalue weighted by Crippen LogP contribution is -2.41. The van der Waals surface area contributed by atoms with Crippen LogP contribution in [-0.4, -0.2) is 44.2 Å². The molecule has 0 aliphatic rings. The molecule has 0 aromatic rings. The van der Waals surface area contributed by atoms with Gasteiger partial charge in [0.1, 0.15) is 0 Å². The quantitative estimate of drug-likeness (QED) is 0.116. The summed E-state index contributed by atoms with van der Waals surface area (Å²) in [6, 6.07) is 0. The first kappa shape index (κ1) is 29.9. The van der Waals surface area contributed by atoms with Crippen molar-refractivity contribution in [3.05, 3.63) is 0 Å². The highest BCUT2D eigenvalue weighted by atomic mass is 33.1. The molecule has 0 fully saturated rings. The third kappa shape index (κ3) is 29.0. The van der Waals surface area contributed by atoms with Crippen molar-refractivity contribution in [1.82, 2.24) is 0 Å². The van der Waals surface area contributed by atoms with Gasteiger partial charge in [-0.15, -0.1) is 0 Å². The summed E-state index contributed by atoms with van der Waals surface area (Å²) in [5.41, 5.74) is 0. The largest absolute Gasteiger partial charge is 0.328 e. The molecule has 0 amide bonds. The Morgan fingerprint density at radius 2 is 0.704 bits per heavy atom. The Balaban J connectivity index is 0. The van der Waals surface area contributed by atoms with Crippen molar-refractivity contribution in [3.63, 3.8) is 0 Å². The fourth-order valence-electron chi connectivity index (χ4n) is 3.46. The van der Waals surface area contributed by atoms with Crippen molar-refractivity contribution in [2.45, 2.75) is 117 Å². The number of rotatable bonds is 19. The van der Waals surface area contributed by atoms with E-state index in [2.05, 4.69) is 40.5 Å². The number of unbranched alkanes of at least 4 members (excludes halogenated alkanes) is 14. The minimum Gasteiger partial charge on any atom is -0.328 e. The van der Waals surface area contributed by atoms with Crippen molar-refractivity contribution < 1.29 is 4.48 Å². The molecule has 0 aliphatic heterocycles. The third-order valence-electron chi connectivity index (χ3n) is 5.40. The molecule has 0 rings (SSSR count). The highest BCUT2D eigenvalue weighted by Crippen LogP contribution is 2.13. The Bertz CT molecular complexity index is 233. The number of quaternary nitrogens is 1. The van der Waals surface area contributed by atoms with Gasteiger partial charge in [0.15, 0.2) is 0 Å². The summed E-state index contributed by atoms with van der Waals surface area (Å²) >= 11 is 0. The Morgan fingerprint density at radius 3 is 0.963 bits per heavy atom. The van der Waals surface area contributed by atoms with Crippen LogP contribution in [0.15, 0.2) is 0 Å². The maximum absolute atomic E-state index is 2.43. The minimum atomic E-state index is 1.24. The Hall–Kier alpha value is 0.660. The molecule has 0 aromatic carbocycles. The second-order valence-electron chi connectivity index (χ2n) is 8.67. The summed E-state index contributed by atoms with van der Waals surface area (Å²) in [6.45, 7) is 7.36. The van der Waals surface area contributed by atoms with Crippen LogP contribution in [0.25, 0.3) is 0 Å². The molecule has 0 saturated heterocycles. The van der Waals surface area contributed by atoms with Gasteiger partial charge in [0, 0.05) is 0 Å². The predicted molar refractivity (Wildman–Crippen MR) is 134 cm³/mol. The van der Waals surface area contributed by atoms with E-state index in [9.17, 15) is 0 Å². The molecule has 0 radical (unpaired) electrons. The van der Waals surface area contributed by atoms with E-state index in [1.54, 1.807) is 21.6 Å². The zero-order valence-electron chi connectivity index (χ0n) is 20.0. The predicted octanol–water partition coefficient (Wildman–Crippen LogP) is 8.97. The van der Waals surface area contributed by atoms with Crippen LogP contribution in [0.5, 0.6) is 0 Å². The van der Waals surface area contributed by atoms with Gasteiger partial charge in [-0.25, -0.2) is 0 Å². The first-order valence-electron chi connectivity index (χ1n) is 11.9. The van der Waals surface area contributed by atoms with Gasteiger partial charge in [0.05, 0.1) is 27.2 Å². The van der Waals surface area contributed by atoms with E-state index in [1.165, 1.54) is 120 Å². The molecule has 0 aromatic heterocycles. The smallest absolute Gasteiger partial charge is 0.0782 e. The van der Waals surface area contributed by atoms with Crippen LogP contribution in [0.1, 0.15) is 117 Å². The first-order chi connectivity index (χ1) is 13.0. The second-order valence-corrected chi connectivity index (χ2v) is 11.3. The lowest BCUT2D eigenvalue weighted by atomic mass is 10.1. The van der Waals surface area contributed by atoms with Gasteiger partial charge in [-0.1, -0.05) is 112 Å². The highest BCUT2D eigenvalue weighted by Gasteiger charge is 2.13. The third-order valence-corrected chi connectivity index (χ3v) is 6.73. The molecule has 0 N–H and O–H groups in total. The lowest BCUT2D eigenvalue weighted by molar-refractivity contribution is -0.890. The summed E-state index contributed by atoms with van der Waals surface area (Å²) < 4.78 is 1.24. The Labute approximate surface area is 182 Å². The standard InChI is InChI=1S/C22H48N.C2H6S2/c1-5-7-9-11-13-15-17-19-21-23(3,4)22-20-18-16-14-12-10-8-6-2;1-3-4-2/h5-22H2,1-4H3;1-2H3/q+1;. The summed E-state index contributed by atoms with van der Waals surface area (Å²) in [5, 5.41) is 0. The number of nitrogens with zero attached hydrogens (tertiary/aromatic N) is 1. The normalized spacial score (nSPS) is 11.3. The Kier molecular flexibility index (Phi) is 27.3. The van der Waals surface area contributed by atoms with Gasteiger partial charge in [-0.2, -0.15) is 0 Å². The molecule has 166 valence electrons. The summed E-state index contributed by atoms with van der Waals surface area (Å²) in [7, 11) is 8.41. The maximum Gasteiger partial charge on any atom is 0.0782 e. The Morgan fingerprint density at radius 1 is 0.444 bits per heavy atom. The van der Waals surface area contributed by atoms with Crippen LogP contribution in [0.2, 0.25) is 0 Å². The first-order valence-corrected chi connectivity index (χ1v) is 14.9. The topological polar surface area (TPSA) is 0 Å². The van der Waals surface area contributed by atoms with Crippen LogP contribution >= 0.6 is 21.6 Å². The van der Waals surface area contributed by atoms with Crippen molar-refractivity contribution >= 4 is 21.6 Å². The summed E-state index contributed by atoms with van der Waals surface area (Å²) in [6.07, 6.45) is 27.2. The molecular weight excluding hydrogens is 366 g/mol.